The summed E-state index contributed by atoms with van der Waals surface area (Å²) in [5.74, 6) is 0.0198. The van der Waals surface area contributed by atoms with Crippen LogP contribution < -0.4 is 0 Å². The molecule has 0 saturated carbocycles. The van der Waals surface area contributed by atoms with Gasteiger partial charge in [-0.05, 0) is 25.8 Å². The normalized spacial score (nSPS) is 12.4. The first-order valence-corrected chi connectivity index (χ1v) is 6.98. The van der Waals surface area contributed by atoms with Gasteiger partial charge in [0.15, 0.2) is 5.78 Å². The van der Waals surface area contributed by atoms with Gasteiger partial charge < -0.3 is 9.47 Å². The van der Waals surface area contributed by atoms with E-state index in [0.29, 0.717) is 18.8 Å². The van der Waals surface area contributed by atoms with E-state index in [9.17, 15) is 4.79 Å². The predicted molar refractivity (Wildman–Crippen MR) is 76.7 cm³/mol. The fourth-order valence-corrected chi connectivity index (χ4v) is 1.78. The van der Waals surface area contributed by atoms with Crippen LogP contribution in [0.4, 0.5) is 0 Å². The standard InChI is InChI=1S/C16H24O3/c1-4-6-14-7-9-15(10-8-14)16(17)12-19-13(3)11-18-5-2/h7-10,13H,4-6,11-12H2,1-3H3. The van der Waals surface area contributed by atoms with Crippen LogP contribution in [0.2, 0.25) is 0 Å². The Bertz CT molecular complexity index is 370. The van der Waals surface area contributed by atoms with Crippen LogP contribution in [0.1, 0.15) is 43.1 Å². The van der Waals surface area contributed by atoms with Crippen molar-refractivity contribution in [3.63, 3.8) is 0 Å². The highest BCUT2D eigenvalue weighted by Crippen LogP contribution is 2.08. The maximum absolute atomic E-state index is 11.9. The van der Waals surface area contributed by atoms with Crippen LogP contribution in [-0.4, -0.2) is 31.7 Å². The molecule has 0 amide bonds. The average Bonchev–Trinajstić information content (AvgIpc) is 2.43. The number of ether oxygens (including phenoxy) is 2. The predicted octanol–water partition coefficient (Wildman–Crippen LogP) is 3.26. The van der Waals surface area contributed by atoms with E-state index < -0.39 is 0 Å². The molecule has 1 rings (SSSR count). The number of ketones is 1. The van der Waals surface area contributed by atoms with E-state index in [2.05, 4.69) is 6.92 Å². The van der Waals surface area contributed by atoms with E-state index in [1.807, 2.05) is 38.1 Å². The molecule has 0 N–H and O–H groups in total. The van der Waals surface area contributed by atoms with Crippen molar-refractivity contribution in [2.45, 2.75) is 39.7 Å². The number of carbonyl (C=O) groups is 1. The first kappa shape index (κ1) is 15.9. The molecule has 0 aliphatic rings. The van der Waals surface area contributed by atoms with E-state index in [1.165, 1.54) is 5.56 Å². The Morgan fingerprint density at radius 3 is 2.47 bits per heavy atom. The fourth-order valence-electron chi connectivity index (χ4n) is 1.78. The number of carbonyl (C=O) groups excluding carboxylic acids is 1. The number of benzene rings is 1. The van der Waals surface area contributed by atoms with Gasteiger partial charge in [-0.25, -0.2) is 0 Å². The summed E-state index contributed by atoms with van der Waals surface area (Å²) in [6.07, 6.45) is 2.12. The van der Waals surface area contributed by atoms with Crippen LogP contribution in [-0.2, 0) is 15.9 Å². The van der Waals surface area contributed by atoms with E-state index >= 15 is 0 Å². The molecule has 3 nitrogen and oxygen atoms in total. The zero-order valence-corrected chi connectivity index (χ0v) is 12.1. The Balaban J connectivity index is 2.40. The molecule has 1 aromatic carbocycles. The van der Waals surface area contributed by atoms with Gasteiger partial charge in [-0.1, -0.05) is 37.6 Å². The average molecular weight is 264 g/mol. The molecule has 0 aliphatic heterocycles. The number of aryl methyl sites for hydroxylation is 1. The molecule has 1 unspecified atom stereocenters. The topological polar surface area (TPSA) is 35.5 Å². The summed E-state index contributed by atoms with van der Waals surface area (Å²) in [7, 11) is 0. The lowest BCUT2D eigenvalue weighted by atomic mass is 10.1. The van der Waals surface area contributed by atoms with Crippen molar-refractivity contribution in [1.82, 2.24) is 0 Å². The third-order valence-electron chi connectivity index (χ3n) is 2.87. The van der Waals surface area contributed by atoms with Crippen molar-refractivity contribution >= 4 is 5.78 Å². The van der Waals surface area contributed by atoms with Crippen molar-refractivity contribution in [2.24, 2.45) is 0 Å². The van der Waals surface area contributed by atoms with Crippen LogP contribution in [0, 0.1) is 0 Å². The zero-order chi connectivity index (χ0) is 14.1. The summed E-state index contributed by atoms with van der Waals surface area (Å²) in [4.78, 5) is 11.9. The lowest BCUT2D eigenvalue weighted by Gasteiger charge is -2.12. The number of rotatable bonds is 9. The Morgan fingerprint density at radius 1 is 1.21 bits per heavy atom. The Hall–Kier alpha value is -1.19. The Kier molecular flexibility index (Phi) is 7.38. The maximum atomic E-state index is 11.9. The summed E-state index contributed by atoms with van der Waals surface area (Å²) in [5, 5.41) is 0. The third kappa shape index (κ3) is 5.99. The molecule has 0 bridgehead atoms. The minimum Gasteiger partial charge on any atom is -0.379 e. The molecule has 0 heterocycles. The quantitative estimate of drug-likeness (QED) is 0.642. The molecular formula is C16H24O3. The van der Waals surface area contributed by atoms with Gasteiger partial charge >= 0.3 is 0 Å². The van der Waals surface area contributed by atoms with Gasteiger partial charge in [-0.15, -0.1) is 0 Å². The second kappa shape index (κ2) is 8.83. The summed E-state index contributed by atoms with van der Waals surface area (Å²) in [5.41, 5.74) is 1.98. The molecule has 0 radical (unpaired) electrons. The molecule has 0 fully saturated rings. The first-order chi connectivity index (χ1) is 9.17. The van der Waals surface area contributed by atoms with E-state index in [4.69, 9.17) is 9.47 Å². The van der Waals surface area contributed by atoms with Gasteiger partial charge in [-0.3, -0.25) is 4.79 Å². The highest BCUT2D eigenvalue weighted by molar-refractivity contribution is 5.97. The van der Waals surface area contributed by atoms with Crippen LogP contribution in [0.3, 0.4) is 0 Å². The molecular weight excluding hydrogens is 240 g/mol. The third-order valence-corrected chi connectivity index (χ3v) is 2.87. The summed E-state index contributed by atoms with van der Waals surface area (Å²) in [6.45, 7) is 7.30. The van der Waals surface area contributed by atoms with Gasteiger partial charge in [0, 0.05) is 12.2 Å². The van der Waals surface area contributed by atoms with E-state index in [1.54, 1.807) is 0 Å². The minimum atomic E-state index is -0.0525. The summed E-state index contributed by atoms with van der Waals surface area (Å²) >= 11 is 0. The maximum Gasteiger partial charge on any atom is 0.188 e. The van der Waals surface area contributed by atoms with Crippen LogP contribution in [0.25, 0.3) is 0 Å². The molecule has 0 spiro atoms. The van der Waals surface area contributed by atoms with E-state index in [-0.39, 0.29) is 18.5 Å². The van der Waals surface area contributed by atoms with Crippen LogP contribution in [0.5, 0.6) is 0 Å². The monoisotopic (exact) mass is 264 g/mol. The zero-order valence-electron chi connectivity index (χ0n) is 12.1. The van der Waals surface area contributed by atoms with Crippen LogP contribution >= 0.6 is 0 Å². The van der Waals surface area contributed by atoms with Gasteiger partial charge in [0.1, 0.15) is 6.61 Å². The van der Waals surface area contributed by atoms with Gasteiger partial charge in [0.05, 0.1) is 12.7 Å². The molecule has 0 aliphatic carbocycles. The van der Waals surface area contributed by atoms with Crippen molar-refractivity contribution < 1.29 is 14.3 Å². The molecule has 1 atom stereocenters. The smallest absolute Gasteiger partial charge is 0.188 e. The molecule has 106 valence electrons. The second-order valence-corrected chi connectivity index (χ2v) is 4.65. The Labute approximate surface area is 115 Å². The first-order valence-electron chi connectivity index (χ1n) is 6.98. The lowest BCUT2D eigenvalue weighted by molar-refractivity contribution is 0.00115. The minimum absolute atomic E-state index is 0.0198. The van der Waals surface area contributed by atoms with Gasteiger partial charge in [0.2, 0.25) is 0 Å². The van der Waals surface area contributed by atoms with Crippen molar-refractivity contribution in [1.29, 1.82) is 0 Å². The van der Waals surface area contributed by atoms with Gasteiger partial charge in [0.25, 0.3) is 0 Å². The number of Topliss-reactive ketones (excluding diaryl/α,β-unsaturated/α-hetero) is 1. The van der Waals surface area contributed by atoms with Crippen molar-refractivity contribution in [3.05, 3.63) is 35.4 Å². The summed E-state index contributed by atoms with van der Waals surface area (Å²) < 4.78 is 10.7. The molecule has 3 heteroatoms. The number of hydrogen-bond donors (Lipinski definition) is 0. The summed E-state index contributed by atoms with van der Waals surface area (Å²) in [6, 6.07) is 7.79. The highest BCUT2D eigenvalue weighted by atomic mass is 16.5. The molecule has 1 aromatic rings. The van der Waals surface area contributed by atoms with Gasteiger partial charge in [-0.2, -0.15) is 0 Å². The second-order valence-electron chi connectivity index (χ2n) is 4.65. The lowest BCUT2D eigenvalue weighted by Crippen LogP contribution is -2.20. The molecule has 19 heavy (non-hydrogen) atoms. The molecule has 0 aromatic heterocycles. The highest BCUT2D eigenvalue weighted by Gasteiger charge is 2.09. The van der Waals surface area contributed by atoms with Crippen LogP contribution in [0.15, 0.2) is 24.3 Å². The van der Waals surface area contributed by atoms with E-state index in [0.717, 1.165) is 12.8 Å². The largest absolute Gasteiger partial charge is 0.379 e. The fraction of sp³-hybridized carbons (Fsp3) is 0.562. The van der Waals surface area contributed by atoms with Crippen molar-refractivity contribution in [2.75, 3.05) is 19.8 Å². The Morgan fingerprint density at radius 2 is 1.89 bits per heavy atom. The number of hydrogen-bond acceptors (Lipinski definition) is 3. The molecule has 0 saturated heterocycles. The SMILES string of the molecule is CCCc1ccc(C(=O)COC(C)COCC)cc1. The van der Waals surface area contributed by atoms with Crippen molar-refractivity contribution in [3.8, 4) is 0 Å².